The van der Waals surface area contributed by atoms with Gasteiger partial charge >= 0.3 is 18.5 Å². The molecule has 0 amide bonds. The SMILES string of the molecule is Fc1ccc(NC(=S)Nc2cc(OCC(F)(F)F)cc(OCC(F)(F)C(F)F)c2)c(F)c1. The van der Waals surface area contributed by atoms with Crippen LogP contribution in [-0.2, 0) is 0 Å². The fourth-order valence-electron chi connectivity index (χ4n) is 2.09. The van der Waals surface area contributed by atoms with E-state index in [4.69, 9.17) is 12.2 Å². The molecule has 2 N–H and O–H groups in total. The monoisotopic (exact) mass is 492 g/mol. The number of hydrogen-bond donors (Lipinski definition) is 2. The summed E-state index contributed by atoms with van der Waals surface area (Å²) in [7, 11) is 0. The van der Waals surface area contributed by atoms with Crippen LogP contribution in [0.1, 0.15) is 0 Å². The van der Waals surface area contributed by atoms with Crippen LogP contribution in [0.3, 0.4) is 0 Å². The molecule has 0 bridgehead atoms. The van der Waals surface area contributed by atoms with Crippen molar-refractivity contribution < 1.29 is 49.0 Å². The van der Waals surface area contributed by atoms with Crippen LogP contribution in [0.5, 0.6) is 11.5 Å². The Balaban J connectivity index is 2.20. The Labute approximate surface area is 180 Å². The van der Waals surface area contributed by atoms with Gasteiger partial charge in [0.1, 0.15) is 23.1 Å². The average molecular weight is 492 g/mol. The Bertz CT molecular complexity index is 955. The van der Waals surface area contributed by atoms with Crippen molar-refractivity contribution in [3.63, 3.8) is 0 Å². The van der Waals surface area contributed by atoms with Crippen molar-refractivity contribution in [1.29, 1.82) is 0 Å². The lowest BCUT2D eigenvalue weighted by Crippen LogP contribution is -2.33. The number of thiocarbonyl (C=S) groups is 1. The van der Waals surface area contributed by atoms with E-state index in [2.05, 4.69) is 20.1 Å². The molecule has 0 aromatic heterocycles. The molecule has 2 aromatic carbocycles. The third kappa shape index (κ3) is 7.98. The first-order chi connectivity index (χ1) is 14.7. The third-order valence-electron chi connectivity index (χ3n) is 3.47. The number of nitrogens with one attached hydrogen (secondary N) is 2. The van der Waals surface area contributed by atoms with Crippen LogP contribution in [-0.4, -0.2) is 36.9 Å². The van der Waals surface area contributed by atoms with Gasteiger partial charge in [0, 0.05) is 30.0 Å². The van der Waals surface area contributed by atoms with Gasteiger partial charge in [-0.1, -0.05) is 0 Å². The molecule has 0 saturated carbocycles. The highest BCUT2D eigenvalue weighted by Crippen LogP contribution is 2.30. The first-order valence-corrected chi connectivity index (χ1v) is 8.82. The summed E-state index contributed by atoms with van der Waals surface area (Å²) in [6.45, 7) is -3.51. The van der Waals surface area contributed by atoms with E-state index in [1.807, 2.05) is 0 Å². The first kappa shape index (κ1) is 25.4. The molecule has 2 aromatic rings. The minimum Gasteiger partial charge on any atom is -0.487 e. The minimum absolute atomic E-state index is 0.167. The van der Waals surface area contributed by atoms with Gasteiger partial charge in [0.25, 0.3) is 0 Å². The zero-order valence-electron chi connectivity index (χ0n) is 15.6. The highest BCUT2D eigenvalue weighted by molar-refractivity contribution is 7.80. The Kier molecular flexibility index (Phi) is 8.04. The molecule has 0 unspecified atom stereocenters. The summed E-state index contributed by atoms with van der Waals surface area (Å²) in [5.74, 6) is -7.44. The lowest BCUT2D eigenvalue weighted by molar-refractivity contribution is -0.153. The van der Waals surface area contributed by atoms with E-state index >= 15 is 0 Å². The van der Waals surface area contributed by atoms with Gasteiger partial charge in [-0.25, -0.2) is 17.6 Å². The Morgan fingerprint density at radius 2 is 1.47 bits per heavy atom. The standard InChI is InChI=1S/C18H13F9N2O2S/c19-9-1-2-14(13(20)3-9)29-16(32)28-10-4-11(30-7-17(23,24)15(21)22)6-12(5-10)31-8-18(25,26)27/h1-6,15H,7-8H2,(H2,28,29,32). The second-order valence-electron chi connectivity index (χ2n) is 6.15. The lowest BCUT2D eigenvalue weighted by Gasteiger charge is -2.18. The second kappa shape index (κ2) is 10.1. The zero-order chi connectivity index (χ0) is 24.1. The highest BCUT2D eigenvalue weighted by Gasteiger charge is 2.41. The molecule has 14 heteroatoms. The summed E-state index contributed by atoms with van der Waals surface area (Å²) in [6, 6.07) is 5.20. The number of halogens is 9. The maximum atomic E-state index is 13.7. The third-order valence-corrected chi connectivity index (χ3v) is 3.67. The number of benzene rings is 2. The van der Waals surface area contributed by atoms with Crippen molar-refractivity contribution in [2.24, 2.45) is 0 Å². The van der Waals surface area contributed by atoms with E-state index in [1.54, 1.807) is 0 Å². The smallest absolute Gasteiger partial charge is 0.422 e. The van der Waals surface area contributed by atoms with Crippen LogP contribution >= 0.6 is 12.2 Å². The maximum absolute atomic E-state index is 13.7. The van der Waals surface area contributed by atoms with Gasteiger partial charge in [0.2, 0.25) is 0 Å². The van der Waals surface area contributed by atoms with Crippen LogP contribution in [0, 0.1) is 11.6 Å². The molecule has 0 fully saturated rings. The Morgan fingerprint density at radius 3 is 2.00 bits per heavy atom. The largest absolute Gasteiger partial charge is 0.487 e. The summed E-state index contributed by atoms with van der Waals surface area (Å²) in [5, 5.41) is 4.44. The molecule has 0 aliphatic rings. The van der Waals surface area contributed by atoms with Crippen molar-refractivity contribution in [1.82, 2.24) is 0 Å². The molecule has 4 nitrogen and oxygen atoms in total. The molecular formula is C18H13F9N2O2S. The number of rotatable bonds is 8. The van der Waals surface area contributed by atoms with Crippen LogP contribution in [0.4, 0.5) is 50.9 Å². The second-order valence-corrected chi connectivity index (χ2v) is 6.56. The molecule has 0 atom stereocenters. The van der Waals surface area contributed by atoms with Crippen LogP contribution < -0.4 is 20.1 Å². The lowest BCUT2D eigenvalue weighted by atomic mass is 10.2. The van der Waals surface area contributed by atoms with Crippen molar-refractivity contribution in [3.8, 4) is 11.5 Å². The molecule has 176 valence electrons. The molecule has 0 spiro atoms. The van der Waals surface area contributed by atoms with Gasteiger partial charge in [-0.2, -0.15) is 22.0 Å². The summed E-state index contributed by atoms with van der Waals surface area (Å²) >= 11 is 4.92. The predicted molar refractivity (Wildman–Crippen MR) is 101 cm³/mol. The van der Waals surface area contributed by atoms with Crippen LogP contribution in [0.25, 0.3) is 0 Å². The van der Waals surface area contributed by atoms with Gasteiger partial charge in [0.15, 0.2) is 18.3 Å². The van der Waals surface area contributed by atoms with Crippen LogP contribution in [0.15, 0.2) is 36.4 Å². The fourth-order valence-corrected chi connectivity index (χ4v) is 2.32. The minimum atomic E-state index is -4.73. The van der Waals surface area contributed by atoms with Gasteiger partial charge in [-0.3, -0.25) is 0 Å². The number of anilines is 2. The molecule has 2 rings (SSSR count). The average Bonchev–Trinajstić information content (AvgIpc) is 2.66. The molecular weight excluding hydrogens is 479 g/mol. The quantitative estimate of drug-likeness (QED) is 0.350. The number of ether oxygens (including phenoxy) is 2. The van der Waals surface area contributed by atoms with Crippen molar-refractivity contribution in [2.75, 3.05) is 23.8 Å². The Morgan fingerprint density at radius 1 is 0.875 bits per heavy atom. The first-order valence-electron chi connectivity index (χ1n) is 8.41. The van der Waals surface area contributed by atoms with E-state index in [0.717, 1.165) is 30.3 Å². The Hall–Kier alpha value is -2.90. The number of alkyl halides is 7. The molecule has 0 aliphatic heterocycles. The topological polar surface area (TPSA) is 42.5 Å². The van der Waals surface area contributed by atoms with Crippen molar-refractivity contribution >= 4 is 28.7 Å². The van der Waals surface area contributed by atoms with Gasteiger partial charge in [-0.05, 0) is 24.4 Å². The molecule has 0 saturated heterocycles. The number of hydrogen-bond acceptors (Lipinski definition) is 3. The maximum Gasteiger partial charge on any atom is 0.422 e. The van der Waals surface area contributed by atoms with E-state index in [1.165, 1.54) is 0 Å². The molecule has 0 heterocycles. The molecule has 0 radical (unpaired) electrons. The van der Waals surface area contributed by atoms with E-state index < -0.39 is 54.9 Å². The van der Waals surface area contributed by atoms with Gasteiger partial charge < -0.3 is 20.1 Å². The van der Waals surface area contributed by atoms with Crippen LogP contribution in [0.2, 0.25) is 0 Å². The summed E-state index contributed by atoms with van der Waals surface area (Å²) in [4.78, 5) is 0. The van der Waals surface area contributed by atoms with Crippen molar-refractivity contribution in [2.45, 2.75) is 18.5 Å². The fraction of sp³-hybridized carbons (Fsp3) is 0.278. The normalized spacial score (nSPS) is 11.9. The van der Waals surface area contributed by atoms with Crippen molar-refractivity contribution in [3.05, 3.63) is 48.0 Å². The van der Waals surface area contributed by atoms with E-state index in [9.17, 15) is 39.5 Å². The highest BCUT2D eigenvalue weighted by atomic mass is 32.1. The zero-order valence-corrected chi connectivity index (χ0v) is 16.4. The van der Waals surface area contributed by atoms with Gasteiger partial charge in [-0.15, -0.1) is 0 Å². The summed E-state index contributed by atoms with van der Waals surface area (Å²) < 4.78 is 124. The summed E-state index contributed by atoms with van der Waals surface area (Å²) in [6.07, 6.45) is -8.77. The molecule has 0 aliphatic carbocycles. The van der Waals surface area contributed by atoms with E-state index in [0.29, 0.717) is 6.07 Å². The predicted octanol–water partition coefficient (Wildman–Crippen LogP) is 5.99. The van der Waals surface area contributed by atoms with Gasteiger partial charge in [0.05, 0.1) is 5.69 Å². The van der Waals surface area contributed by atoms with E-state index in [-0.39, 0.29) is 16.5 Å². The molecule has 32 heavy (non-hydrogen) atoms. The summed E-state index contributed by atoms with van der Waals surface area (Å²) in [5.41, 5.74) is -0.415.